The summed E-state index contributed by atoms with van der Waals surface area (Å²) in [5.41, 5.74) is 3.72. The molecule has 0 fully saturated rings. The lowest BCUT2D eigenvalue weighted by Crippen LogP contribution is -2.18. The van der Waals surface area contributed by atoms with Crippen LogP contribution in [0.4, 0.5) is 15.8 Å². The molecule has 0 radical (unpaired) electrons. The van der Waals surface area contributed by atoms with Crippen LogP contribution < -0.4 is 10.6 Å². The Hall–Kier alpha value is -3.98. The van der Waals surface area contributed by atoms with Gasteiger partial charge in [0, 0.05) is 11.4 Å². The van der Waals surface area contributed by atoms with Crippen molar-refractivity contribution < 1.29 is 14.0 Å². The maximum Gasteiger partial charge on any atom is 0.234 e. The van der Waals surface area contributed by atoms with E-state index in [1.165, 1.54) is 23.9 Å². The number of anilines is 2. The summed E-state index contributed by atoms with van der Waals surface area (Å²) < 4.78 is 15.7. The minimum Gasteiger partial charge on any atom is -0.325 e. The van der Waals surface area contributed by atoms with E-state index in [4.69, 9.17) is 0 Å². The van der Waals surface area contributed by atoms with Crippen LogP contribution in [0.15, 0.2) is 78.0 Å². The molecule has 9 heteroatoms. The van der Waals surface area contributed by atoms with Crippen molar-refractivity contribution >= 4 is 35.0 Å². The van der Waals surface area contributed by atoms with Gasteiger partial charge in [-0.15, -0.1) is 10.2 Å². The molecule has 0 bridgehead atoms. The van der Waals surface area contributed by atoms with Crippen molar-refractivity contribution in [2.75, 3.05) is 16.4 Å². The summed E-state index contributed by atoms with van der Waals surface area (Å²) in [6.07, 6.45) is -0.119. The number of aromatic nitrogens is 3. The Bertz CT molecular complexity index is 1360. The summed E-state index contributed by atoms with van der Waals surface area (Å²) in [7, 11) is 0. The standard InChI is InChI=1S/C26H24FN5O2S/c1-17-12-13-21(18(2)14-17)28-25(34)16-35-26-31-30-23(32(26)19-8-4-3-5-9-19)15-24(33)29-22-11-7-6-10-20(22)27/h3-14H,15-16H2,1-2H3,(H,28,34)(H,29,33). The van der Waals surface area contributed by atoms with Gasteiger partial charge in [-0.25, -0.2) is 4.39 Å². The first kappa shape index (κ1) is 24.2. The predicted molar refractivity (Wildman–Crippen MR) is 135 cm³/mol. The second-order valence-corrected chi connectivity index (χ2v) is 8.87. The average molecular weight is 490 g/mol. The molecule has 3 aromatic carbocycles. The van der Waals surface area contributed by atoms with Gasteiger partial charge in [-0.2, -0.15) is 0 Å². The van der Waals surface area contributed by atoms with Crippen LogP contribution in [-0.4, -0.2) is 32.3 Å². The number of thioether (sulfide) groups is 1. The summed E-state index contributed by atoms with van der Waals surface area (Å²) >= 11 is 1.22. The van der Waals surface area contributed by atoms with Gasteiger partial charge < -0.3 is 10.6 Å². The number of para-hydroxylation sites is 2. The molecule has 2 N–H and O–H groups in total. The number of nitrogens with zero attached hydrogens (tertiary/aromatic N) is 3. The zero-order valence-electron chi connectivity index (χ0n) is 19.3. The van der Waals surface area contributed by atoms with Crippen molar-refractivity contribution in [3.8, 4) is 5.69 Å². The average Bonchev–Trinajstić information content (AvgIpc) is 3.23. The van der Waals surface area contributed by atoms with Crippen LogP contribution in [0.1, 0.15) is 17.0 Å². The first-order valence-corrected chi connectivity index (χ1v) is 11.9. The van der Waals surface area contributed by atoms with E-state index in [-0.39, 0.29) is 23.8 Å². The Morgan fingerprint density at radius 3 is 2.34 bits per heavy atom. The summed E-state index contributed by atoms with van der Waals surface area (Å²) in [6, 6.07) is 21.1. The Morgan fingerprint density at radius 2 is 1.60 bits per heavy atom. The molecule has 1 heterocycles. The van der Waals surface area contributed by atoms with Gasteiger partial charge in [-0.05, 0) is 49.7 Å². The van der Waals surface area contributed by atoms with Crippen molar-refractivity contribution in [3.63, 3.8) is 0 Å². The third-order valence-corrected chi connectivity index (χ3v) is 6.10. The molecule has 4 aromatic rings. The molecular formula is C26H24FN5O2S. The quantitative estimate of drug-likeness (QED) is 0.343. The van der Waals surface area contributed by atoms with Gasteiger partial charge in [0.25, 0.3) is 0 Å². The van der Waals surface area contributed by atoms with E-state index in [0.717, 1.165) is 22.5 Å². The summed E-state index contributed by atoms with van der Waals surface area (Å²) in [4.78, 5) is 25.2. The molecule has 2 amide bonds. The van der Waals surface area contributed by atoms with Crippen LogP contribution in [-0.2, 0) is 16.0 Å². The first-order chi connectivity index (χ1) is 16.9. The fraction of sp³-hybridized carbons (Fsp3) is 0.154. The number of benzene rings is 3. The molecule has 0 saturated heterocycles. The Labute approximate surface area is 206 Å². The van der Waals surface area contributed by atoms with Crippen molar-refractivity contribution in [2.45, 2.75) is 25.4 Å². The molecule has 0 atom stereocenters. The highest BCUT2D eigenvalue weighted by atomic mass is 32.2. The van der Waals surface area contributed by atoms with E-state index < -0.39 is 11.7 Å². The second-order valence-electron chi connectivity index (χ2n) is 7.93. The molecule has 4 rings (SSSR count). The van der Waals surface area contributed by atoms with Gasteiger partial charge in [0.1, 0.15) is 11.6 Å². The number of carbonyl (C=O) groups excluding carboxylic acids is 2. The van der Waals surface area contributed by atoms with Crippen LogP contribution in [0.5, 0.6) is 0 Å². The molecule has 0 aliphatic carbocycles. The molecule has 0 aliphatic heterocycles. The molecule has 0 spiro atoms. The van der Waals surface area contributed by atoms with Gasteiger partial charge in [-0.3, -0.25) is 14.2 Å². The number of rotatable bonds is 8. The number of aryl methyl sites for hydroxylation is 2. The van der Waals surface area contributed by atoms with Crippen LogP contribution in [0.2, 0.25) is 0 Å². The number of hydrogen-bond acceptors (Lipinski definition) is 5. The van der Waals surface area contributed by atoms with Gasteiger partial charge in [0.05, 0.1) is 17.9 Å². The second kappa shape index (κ2) is 11.0. The SMILES string of the molecule is Cc1ccc(NC(=O)CSc2nnc(CC(=O)Nc3ccccc3F)n2-c2ccccc2)c(C)c1. The highest BCUT2D eigenvalue weighted by molar-refractivity contribution is 7.99. The van der Waals surface area contributed by atoms with Gasteiger partial charge in [-0.1, -0.05) is 59.8 Å². The highest BCUT2D eigenvalue weighted by Gasteiger charge is 2.19. The summed E-state index contributed by atoms with van der Waals surface area (Å²) in [5.74, 6) is -0.634. The lowest BCUT2D eigenvalue weighted by Gasteiger charge is -2.11. The van der Waals surface area contributed by atoms with Gasteiger partial charge in [0.15, 0.2) is 5.16 Å². The lowest BCUT2D eigenvalue weighted by molar-refractivity contribution is -0.116. The highest BCUT2D eigenvalue weighted by Crippen LogP contribution is 2.24. The molecule has 0 aliphatic rings. The molecule has 0 unspecified atom stereocenters. The van der Waals surface area contributed by atoms with E-state index in [0.29, 0.717) is 11.0 Å². The van der Waals surface area contributed by atoms with E-state index in [1.54, 1.807) is 16.7 Å². The van der Waals surface area contributed by atoms with Crippen molar-refractivity contribution in [1.82, 2.24) is 14.8 Å². The van der Waals surface area contributed by atoms with E-state index in [2.05, 4.69) is 20.8 Å². The van der Waals surface area contributed by atoms with Crippen LogP contribution in [0.25, 0.3) is 5.69 Å². The fourth-order valence-corrected chi connectivity index (χ4v) is 4.29. The van der Waals surface area contributed by atoms with E-state index in [9.17, 15) is 14.0 Å². The van der Waals surface area contributed by atoms with Crippen LogP contribution in [0.3, 0.4) is 0 Å². The summed E-state index contributed by atoms with van der Waals surface area (Å²) in [6.45, 7) is 3.94. The number of carbonyl (C=O) groups is 2. The third kappa shape index (κ3) is 6.13. The molecule has 7 nitrogen and oxygen atoms in total. The monoisotopic (exact) mass is 489 g/mol. The van der Waals surface area contributed by atoms with Gasteiger partial charge in [0.2, 0.25) is 11.8 Å². The van der Waals surface area contributed by atoms with Crippen molar-refractivity contribution in [2.24, 2.45) is 0 Å². The molecular weight excluding hydrogens is 465 g/mol. The minimum absolute atomic E-state index is 0.0981. The minimum atomic E-state index is -0.517. The normalized spacial score (nSPS) is 10.7. The number of hydrogen-bond donors (Lipinski definition) is 2. The zero-order valence-corrected chi connectivity index (χ0v) is 20.1. The van der Waals surface area contributed by atoms with Crippen LogP contribution >= 0.6 is 11.8 Å². The molecule has 0 saturated carbocycles. The third-order valence-electron chi connectivity index (χ3n) is 5.17. The number of halogens is 1. The van der Waals surface area contributed by atoms with Crippen molar-refractivity contribution in [1.29, 1.82) is 0 Å². The predicted octanol–water partition coefficient (Wildman–Crippen LogP) is 4.94. The Balaban J connectivity index is 1.50. The number of amides is 2. The topological polar surface area (TPSA) is 88.9 Å². The van der Waals surface area contributed by atoms with E-state index in [1.807, 2.05) is 62.4 Å². The smallest absolute Gasteiger partial charge is 0.234 e. The lowest BCUT2D eigenvalue weighted by atomic mass is 10.1. The van der Waals surface area contributed by atoms with Crippen molar-refractivity contribution in [3.05, 3.63) is 95.6 Å². The maximum absolute atomic E-state index is 13.9. The first-order valence-electron chi connectivity index (χ1n) is 10.9. The number of nitrogens with one attached hydrogen (secondary N) is 2. The molecule has 178 valence electrons. The van der Waals surface area contributed by atoms with Crippen LogP contribution in [0, 0.1) is 19.7 Å². The fourth-order valence-electron chi connectivity index (χ4n) is 3.52. The maximum atomic E-state index is 13.9. The van der Waals surface area contributed by atoms with E-state index >= 15 is 0 Å². The molecule has 1 aromatic heterocycles. The molecule has 35 heavy (non-hydrogen) atoms. The summed E-state index contributed by atoms with van der Waals surface area (Å²) in [5, 5.41) is 14.4. The Morgan fingerprint density at radius 1 is 0.886 bits per heavy atom. The zero-order chi connectivity index (χ0) is 24.8. The van der Waals surface area contributed by atoms with Gasteiger partial charge >= 0.3 is 0 Å². The largest absolute Gasteiger partial charge is 0.325 e. The Kier molecular flexibility index (Phi) is 7.57.